The van der Waals surface area contributed by atoms with E-state index in [9.17, 15) is 4.21 Å². The van der Waals surface area contributed by atoms with Gasteiger partial charge in [-0.3, -0.25) is 4.21 Å². The lowest BCUT2D eigenvalue weighted by molar-refractivity contribution is 0.468. The molecule has 2 aliphatic rings. The second-order valence-corrected chi connectivity index (χ2v) is 7.55. The highest BCUT2D eigenvalue weighted by Gasteiger charge is 2.24. The first-order chi connectivity index (χ1) is 9.24. The predicted octanol–water partition coefficient (Wildman–Crippen LogP) is 2.80. The minimum Gasteiger partial charge on any atom is -0.327 e. The maximum Gasteiger partial charge on any atom is 0.0529 e. The molecule has 2 nitrogen and oxygen atoms in total. The normalized spacial score (nSPS) is 27.4. The highest BCUT2D eigenvalue weighted by atomic mass is 32.2. The maximum atomic E-state index is 12.4. The number of fused-ring (bicyclic) bond motifs is 1. The zero-order chi connectivity index (χ0) is 13.2. The molecule has 1 aromatic carbocycles. The van der Waals surface area contributed by atoms with Crippen LogP contribution in [0.5, 0.6) is 0 Å². The molecular formula is C16H23NOS. The standard InChI is InChI=1S/C16H23NOS/c17-16-6-2-4-13(16)9-10-19(18)15-8-7-12-3-1-5-14(12)11-15/h7-8,11,13,16H,1-6,9-10,17H2. The zero-order valence-electron chi connectivity index (χ0n) is 11.4. The van der Waals surface area contributed by atoms with Crippen molar-refractivity contribution in [2.75, 3.05) is 5.75 Å². The third kappa shape index (κ3) is 2.92. The molecule has 104 valence electrons. The quantitative estimate of drug-likeness (QED) is 0.919. The SMILES string of the molecule is NC1CCCC1CCS(=O)c1ccc2c(c1)CCC2. The summed E-state index contributed by atoms with van der Waals surface area (Å²) < 4.78 is 12.4. The molecule has 0 aromatic heterocycles. The van der Waals surface area contributed by atoms with E-state index in [4.69, 9.17) is 5.73 Å². The van der Waals surface area contributed by atoms with Crippen molar-refractivity contribution >= 4 is 10.8 Å². The van der Waals surface area contributed by atoms with Gasteiger partial charge in [0, 0.05) is 16.7 Å². The number of nitrogens with two attached hydrogens (primary N) is 1. The van der Waals surface area contributed by atoms with Gasteiger partial charge in [0.15, 0.2) is 0 Å². The summed E-state index contributed by atoms with van der Waals surface area (Å²) in [4.78, 5) is 1.02. The molecule has 0 amide bonds. The fraction of sp³-hybridized carbons (Fsp3) is 0.625. The van der Waals surface area contributed by atoms with Crippen molar-refractivity contribution in [1.82, 2.24) is 0 Å². The number of benzene rings is 1. The van der Waals surface area contributed by atoms with E-state index < -0.39 is 10.8 Å². The largest absolute Gasteiger partial charge is 0.327 e. The first-order valence-electron chi connectivity index (χ1n) is 7.50. The smallest absolute Gasteiger partial charge is 0.0529 e. The van der Waals surface area contributed by atoms with Crippen LogP contribution < -0.4 is 5.73 Å². The number of aryl methyl sites for hydroxylation is 2. The molecule has 3 atom stereocenters. The van der Waals surface area contributed by atoms with Crippen molar-refractivity contribution in [1.29, 1.82) is 0 Å². The summed E-state index contributed by atoms with van der Waals surface area (Å²) in [5, 5.41) is 0. The van der Waals surface area contributed by atoms with Crippen LogP contribution in [0.2, 0.25) is 0 Å². The Labute approximate surface area is 118 Å². The lowest BCUT2D eigenvalue weighted by atomic mass is 10.0. The van der Waals surface area contributed by atoms with Crippen molar-refractivity contribution in [3.05, 3.63) is 29.3 Å². The predicted molar refractivity (Wildman–Crippen MR) is 79.7 cm³/mol. The van der Waals surface area contributed by atoms with Gasteiger partial charge in [-0.25, -0.2) is 0 Å². The van der Waals surface area contributed by atoms with Crippen molar-refractivity contribution in [2.45, 2.75) is 55.9 Å². The Morgan fingerprint density at radius 3 is 2.79 bits per heavy atom. The molecule has 0 saturated heterocycles. The molecule has 0 radical (unpaired) electrons. The average molecular weight is 277 g/mol. The Balaban J connectivity index is 1.61. The fourth-order valence-electron chi connectivity index (χ4n) is 3.49. The van der Waals surface area contributed by atoms with Gasteiger partial charge in [-0.05, 0) is 67.7 Å². The Hall–Kier alpha value is -0.670. The first kappa shape index (κ1) is 13.3. The van der Waals surface area contributed by atoms with E-state index >= 15 is 0 Å². The Morgan fingerprint density at radius 1 is 1.16 bits per heavy atom. The summed E-state index contributed by atoms with van der Waals surface area (Å²) in [6, 6.07) is 6.76. The van der Waals surface area contributed by atoms with E-state index in [2.05, 4.69) is 18.2 Å². The second kappa shape index (κ2) is 5.76. The maximum absolute atomic E-state index is 12.4. The molecule has 3 rings (SSSR count). The molecule has 0 heterocycles. The van der Waals surface area contributed by atoms with Gasteiger partial charge in [-0.2, -0.15) is 0 Å². The minimum atomic E-state index is -0.842. The van der Waals surface area contributed by atoms with Crippen LogP contribution in [0, 0.1) is 5.92 Å². The summed E-state index contributed by atoms with van der Waals surface area (Å²) in [5.41, 5.74) is 8.96. The summed E-state index contributed by atoms with van der Waals surface area (Å²) >= 11 is 0. The average Bonchev–Trinajstić information content (AvgIpc) is 3.03. The van der Waals surface area contributed by atoms with Crippen molar-refractivity contribution < 1.29 is 4.21 Å². The molecule has 1 saturated carbocycles. The zero-order valence-corrected chi connectivity index (χ0v) is 12.3. The second-order valence-electron chi connectivity index (χ2n) is 5.98. The van der Waals surface area contributed by atoms with Crippen molar-refractivity contribution in [3.8, 4) is 0 Å². The highest BCUT2D eigenvalue weighted by Crippen LogP contribution is 2.28. The minimum absolute atomic E-state index is 0.344. The van der Waals surface area contributed by atoms with E-state index in [1.165, 1.54) is 36.8 Å². The van der Waals surface area contributed by atoms with Crippen LogP contribution >= 0.6 is 0 Å². The summed E-state index contributed by atoms with van der Waals surface area (Å²) in [5.74, 6) is 1.37. The van der Waals surface area contributed by atoms with Crippen LogP contribution in [0.3, 0.4) is 0 Å². The topological polar surface area (TPSA) is 43.1 Å². The molecule has 19 heavy (non-hydrogen) atoms. The molecule has 0 spiro atoms. The first-order valence-corrected chi connectivity index (χ1v) is 8.81. The van der Waals surface area contributed by atoms with Gasteiger partial charge < -0.3 is 5.73 Å². The van der Waals surface area contributed by atoms with Gasteiger partial charge >= 0.3 is 0 Å². The fourth-order valence-corrected chi connectivity index (χ4v) is 4.74. The third-order valence-electron chi connectivity index (χ3n) is 4.72. The van der Waals surface area contributed by atoms with E-state index in [1.807, 2.05) is 0 Å². The summed E-state index contributed by atoms with van der Waals surface area (Å²) in [6.07, 6.45) is 8.25. The lowest BCUT2D eigenvalue weighted by Crippen LogP contribution is -2.25. The molecule has 1 aromatic rings. The molecule has 3 heteroatoms. The van der Waals surface area contributed by atoms with Crippen LogP contribution in [0.4, 0.5) is 0 Å². The number of rotatable bonds is 4. The molecule has 2 aliphatic carbocycles. The van der Waals surface area contributed by atoms with Gasteiger partial charge in [0.1, 0.15) is 0 Å². The molecule has 1 fully saturated rings. The third-order valence-corrected chi connectivity index (χ3v) is 6.11. The number of hydrogen-bond acceptors (Lipinski definition) is 2. The molecule has 2 N–H and O–H groups in total. The monoisotopic (exact) mass is 277 g/mol. The van der Waals surface area contributed by atoms with Gasteiger partial charge in [0.2, 0.25) is 0 Å². The van der Waals surface area contributed by atoms with E-state index in [0.717, 1.165) is 29.9 Å². The molecular weight excluding hydrogens is 254 g/mol. The van der Waals surface area contributed by atoms with E-state index in [-0.39, 0.29) is 0 Å². The number of hydrogen-bond donors (Lipinski definition) is 1. The van der Waals surface area contributed by atoms with Gasteiger partial charge in [-0.1, -0.05) is 12.5 Å². The van der Waals surface area contributed by atoms with E-state index in [0.29, 0.717) is 12.0 Å². The van der Waals surface area contributed by atoms with Gasteiger partial charge in [-0.15, -0.1) is 0 Å². The molecule has 0 aliphatic heterocycles. The van der Waals surface area contributed by atoms with Crippen LogP contribution in [0.25, 0.3) is 0 Å². The highest BCUT2D eigenvalue weighted by molar-refractivity contribution is 7.85. The Bertz CT molecular complexity index is 486. The summed E-state index contributed by atoms with van der Waals surface area (Å²) in [6.45, 7) is 0. The van der Waals surface area contributed by atoms with Crippen LogP contribution in [-0.2, 0) is 23.6 Å². The van der Waals surface area contributed by atoms with Gasteiger partial charge in [0.25, 0.3) is 0 Å². The molecule has 0 bridgehead atoms. The van der Waals surface area contributed by atoms with E-state index in [1.54, 1.807) is 0 Å². The van der Waals surface area contributed by atoms with Crippen molar-refractivity contribution in [2.24, 2.45) is 11.7 Å². The Morgan fingerprint density at radius 2 is 2.00 bits per heavy atom. The van der Waals surface area contributed by atoms with Gasteiger partial charge in [0.05, 0.1) is 10.8 Å². The van der Waals surface area contributed by atoms with Crippen molar-refractivity contribution in [3.63, 3.8) is 0 Å². The van der Waals surface area contributed by atoms with Crippen LogP contribution in [-0.4, -0.2) is 16.0 Å². The van der Waals surface area contributed by atoms with Crippen LogP contribution in [0.1, 0.15) is 43.2 Å². The lowest BCUT2D eigenvalue weighted by Gasteiger charge is -2.14. The van der Waals surface area contributed by atoms with Crippen LogP contribution in [0.15, 0.2) is 23.1 Å². The Kier molecular flexibility index (Phi) is 4.04. The summed E-state index contributed by atoms with van der Waals surface area (Å²) in [7, 11) is -0.842. The molecule has 3 unspecified atom stereocenters.